The molecule has 2 aromatic heterocycles. The van der Waals surface area contributed by atoms with Crippen molar-refractivity contribution in [1.82, 2.24) is 25.5 Å². The number of halogens is 1. The van der Waals surface area contributed by atoms with Gasteiger partial charge < -0.3 is 11.1 Å². The monoisotopic (exact) mass is 238 g/mol. The molecule has 0 aliphatic rings. The van der Waals surface area contributed by atoms with E-state index in [0.717, 1.165) is 5.56 Å². The fraction of sp³-hybridized carbons (Fsp3) is 0.222. The maximum atomic E-state index is 5.89. The van der Waals surface area contributed by atoms with Gasteiger partial charge in [-0.25, -0.2) is 9.97 Å². The molecular weight excluding hydrogens is 228 g/mol. The first-order valence-electron chi connectivity index (χ1n) is 4.66. The second kappa shape index (κ2) is 4.46. The molecule has 7 heteroatoms. The number of hydrogen-bond acceptors (Lipinski definition) is 5. The highest BCUT2D eigenvalue weighted by Gasteiger charge is 2.18. The van der Waals surface area contributed by atoms with Crippen molar-refractivity contribution in [2.24, 2.45) is 0 Å². The lowest BCUT2D eigenvalue weighted by molar-refractivity contribution is 0.649. The fourth-order valence-corrected chi connectivity index (χ4v) is 1.66. The molecule has 6 nitrogen and oxygen atoms in total. The van der Waals surface area contributed by atoms with Gasteiger partial charge in [-0.05, 0) is 13.1 Å². The molecule has 1 atom stereocenters. The van der Waals surface area contributed by atoms with E-state index in [1.165, 1.54) is 12.5 Å². The third-order valence-electron chi connectivity index (χ3n) is 2.22. The third-order valence-corrected chi connectivity index (χ3v) is 2.43. The number of aromatic nitrogens is 4. The normalized spacial score (nSPS) is 12.6. The number of rotatable bonds is 3. The number of aromatic amines is 1. The molecule has 0 saturated carbocycles. The highest BCUT2D eigenvalue weighted by atomic mass is 35.5. The quantitative estimate of drug-likeness (QED) is 0.734. The molecule has 4 N–H and O–H groups in total. The standard InChI is InChI=1S/C9H11ClN6/c1-12-7(9-14-4-15-16-9)6-2-5(10)3-13-8(6)11/h2-4,7,12H,1H3,(H2,11,13)(H,14,15,16). The van der Waals surface area contributed by atoms with E-state index in [1.807, 2.05) is 0 Å². The first kappa shape index (κ1) is 10.8. The van der Waals surface area contributed by atoms with Crippen molar-refractivity contribution in [3.63, 3.8) is 0 Å². The highest BCUT2D eigenvalue weighted by Crippen LogP contribution is 2.25. The maximum Gasteiger partial charge on any atom is 0.146 e. The lowest BCUT2D eigenvalue weighted by Crippen LogP contribution is -2.20. The zero-order chi connectivity index (χ0) is 11.5. The minimum atomic E-state index is -0.200. The van der Waals surface area contributed by atoms with Gasteiger partial charge in [0, 0.05) is 11.8 Å². The molecule has 0 aromatic carbocycles. The number of nitrogen functional groups attached to an aromatic ring is 1. The summed E-state index contributed by atoms with van der Waals surface area (Å²) < 4.78 is 0. The Hall–Kier alpha value is -1.66. The smallest absolute Gasteiger partial charge is 0.146 e. The van der Waals surface area contributed by atoms with Crippen LogP contribution in [0.1, 0.15) is 17.4 Å². The molecule has 0 amide bonds. The molecule has 2 rings (SSSR count). The van der Waals surface area contributed by atoms with Crippen LogP contribution in [0.15, 0.2) is 18.6 Å². The van der Waals surface area contributed by atoms with Crippen LogP contribution in [-0.4, -0.2) is 27.2 Å². The Balaban J connectivity index is 2.44. The number of nitrogens with zero attached hydrogens (tertiary/aromatic N) is 3. The average Bonchev–Trinajstić information content (AvgIpc) is 2.78. The van der Waals surface area contributed by atoms with Crippen molar-refractivity contribution in [3.05, 3.63) is 35.0 Å². The van der Waals surface area contributed by atoms with E-state index < -0.39 is 0 Å². The first-order chi connectivity index (χ1) is 7.72. The van der Waals surface area contributed by atoms with Gasteiger partial charge in [0.05, 0.1) is 11.1 Å². The van der Waals surface area contributed by atoms with E-state index >= 15 is 0 Å². The van der Waals surface area contributed by atoms with Crippen LogP contribution in [0.5, 0.6) is 0 Å². The predicted octanol–water partition coefficient (Wildman–Crippen LogP) is 0.744. The summed E-state index contributed by atoms with van der Waals surface area (Å²) in [7, 11) is 1.80. The summed E-state index contributed by atoms with van der Waals surface area (Å²) in [4.78, 5) is 8.08. The van der Waals surface area contributed by atoms with Gasteiger partial charge in [-0.2, -0.15) is 5.10 Å². The van der Waals surface area contributed by atoms with Crippen LogP contribution >= 0.6 is 11.6 Å². The molecule has 0 bridgehead atoms. The molecule has 0 aliphatic carbocycles. The molecule has 16 heavy (non-hydrogen) atoms. The lowest BCUT2D eigenvalue weighted by atomic mass is 10.1. The van der Waals surface area contributed by atoms with Crippen LogP contribution in [0, 0.1) is 0 Å². The second-order valence-electron chi connectivity index (χ2n) is 3.22. The van der Waals surface area contributed by atoms with Gasteiger partial charge in [-0.15, -0.1) is 0 Å². The van der Waals surface area contributed by atoms with E-state index in [4.69, 9.17) is 17.3 Å². The van der Waals surface area contributed by atoms with Gasteiger partial charge in [0.2, 0.25) is 0 Å². The number of pyridine rings is 1. The topological polar surface area (TPSA) is 92.5 Å². The largest absolute Gasteiger partial charge is 0.383 e. The van der Waals surface area contributed by atoms with E-state index in [0.29, 0.717) is 16.7 Å². The number of nitrogens with one attached hydrogen (secondary N) is 2. The molecule has 0 aliphatic heterocycles. The molecule has 1 unspecified atom stereocenters. The van der Waals surface area contributed by atoms with Gasteiger partial charge >= 0.3 is 0 Å². The molecule has 0 radical (unpaired) electrons. The van der Waals surface area contributed by atoms with Crippen molar-refractivity contribution in [2.45, 2.75) is 6.04 Å². The van der Waals surface area contributed by atoms with Gasteiger partial charge in [-0.1, -0.05) is 11.6 Å². The van der Waals surface area contributed by atoms with Crippen molar-refractivity contribution in [3.8, 4) is 0 Å². The number of H-pyrrole nitrogens is 1. The summed E-state index contributed by atoms with van der Waals surface area (Å²) in [5.41, 5.74) is 6.57. The third kappa shape index (κ3) is 1.98. The number of hydrogen-bond donors (Lipinski definition) is 3. The zero-order valence-corrected chi connectivity index (χ0v) is 9.36. The fourth-order valence-electron chi connectivity index (χ4n) is 1.49. The number of nitrogens with two attached hydrogens (primary N) is 1. The van der Waals surface area contributed by atoms with E-state index in [1.54, 1.807) is 13.1 Å². The van der Waals surface area contributed by atoms with Gasteiger partial charge in [0.15, 0.2) is 0 Å². The molecule has 2 heterocycles. The minimum absolute atomic E-state index is 0.200. The highest BCUT2D eigenvalue weighted by molar-refractivity contribution is 6.30. The Labute approximate surface area is 97.2 Å². The van der Waals surface area contributed by atoms with Crippen molar-refractivity contribution in [2.75, 3.05) is 12.8 Å². The predicted molar refractivity (Wildman–Crippen MR) is 60.9 cm³/mol. The number of anilines is 1. The van der Waals surface area contributed by atoms with Crippen molar-refractivity contribution < 1.29 is 0 Å². The van der Waals surface area contributed by atoms with Gasteiger partial charge in [0.1, 0.15) is 18.0 Å². The first-order valence-corrected chi connectivity index (χ1v) is 5.03. The Morgan fingerprint density at radius 3 is 2.94 bits per heavy atom. The maximum absolute atomic E-state index is 5.89. The Kier molecular flexibility index (Phi) is 3.02. The van der Waals surface area contributed by atoms with Crippen LogP contribution in [-0.2, 0) is 0 Å². The molecule has 2 aromatic rings. The van der Waals surface area contributed by atoms with Gasteiger partial charge in [0.25, 0.3) is 0 Å². The van der Waals surface area contributed by atoms with Crippen molar-refractivity contribution >= 4 is 17.4 Å². The SMILES string of the molecule is CNC(c1ncn[nH]1)c1cc(Cl)cnc1N. The Morgan fingerprint density at radius 1 is 1.50 bits per heavy atom. The van der Waals surface area contributed by atoms with Crippen LogP contribution in [0.4, 0.5) is 5.82 Å². The second-order valence-corrected chi connectivity index (χ2v) is 3.66. The average molecular weight is 239 g/mol. The molecule has 0 fully saturated rings. The van der Waals surface area contributed by atoms with E-state index in [2.05, 4.69) is 25.5 Å². The molecule has 0 spiro atoms. The van der Waals surface area contributed by atoms with Gasteiger partial charge in [-0.3, -0.25) is 5.10 Å². The van der Waals surface area contributed by atoms with E-state index in [-0.39, 0.29) is 6.04 Å². The minimum Gasteiger partial charge on any atom is -0.383 e. The Morgan fingerprint density at radius 2 is 2.31 bits per heavy atom. The summed E-state index contributed by atoms with van der Waals surface area (Å²) in [5, 5.41) is 10.2. The lowest BCUT2D eigenvalue weighted by Gasteiger charge is -2.15. The summed E-state index contributed by atoms with van der Waals surface area (Å²) in [5.74, 6) is 1.08. The summed E-state index contributed by atoms with van der Waals surface area (Å²) in [6.45, 7) is 0. The van der Waals surface area contributed by atoms with Crippen LogP contribution in [0.25, 0.3) is 0 Å². The summed E-state index contributed by atoms with van der Waals surface area (Å²) >= 11 is 5.89. The molecule has 84 valence electrons. The Bertz CT molecular complexity index is 469. The molecular formula is C9H11ClN6. The van der Waals surface area contributed by atoms with Crippen molar-refractivity contribution in [1.29, 1.82) is 0 Å². The summed E-state index contributed by atoms with van der Waals surface area (Å²) in [6, 6.07) is 1.56. The molecule has 0 saturated heterocycles. The van der Waals surface area contributed by atoms with Crippen LogP contribution < -0.4 is 11.1 Å². The van der Waals surface area contributed by atoms with E-state index in [9.17, 15) is 0 Å². The van der Waals surface area contributed by atoms with Crippen LogP contribution in [0.2, 0.25) is 5.02 Å². The summed E-state index contributed by atoms with van der Waals surface area (Å²) in [6.07, 6.45) is 2.95. The zero-order valence-electron chi connectivity index (χ0n) is 8.61. The van der Waals surface area contributed by atoms with Crippen LogP contribution in [0.3, 0.4) is 0 Å².